The Morgan fingerprint density at radius 3 is 2.30 bits per heavy atom. The number of aliphatic hydroxyl groups excluding tert-OH is 1. The third kappa shape index (κ3) is 5.30. The van der Waals surface area contributed by atoms with Crippen LogP contribution >= 0.6 is 0 Å². The van der Waals surface area contributed by atoms with E-state index >= 15 is 0 Å². The van der Waals surface area contributed by atoms with Gasteiger partial charge in [0, 0.05) is 31.5 Å². The van der Waals surface area contributed by atoms with Crippen molar-refractivity contribution in [3.8, 4) is 0 Å². The molecular weight excluding hydrogens is 278 g/mol. The maximum Gasteiger partial charge on any atom is 0.253 e. The summed E-state index contributed by atoms with van der Waals surface area (Å²) < 4.78 is 22.4. The summed E-state index contributed by atoms with van der Waals surface area (Å²) in [6, 6.07) is 6.61. The molecule has 0 atom stereocenters. The SMILES string of the molecule is CCN(CCCO)C(=O)c1ccc(CS(C)(=O)=O)cc1. The van der Waals surface area contributed by atoms with Crippen LogP contribution in [0.15, 0.2) is 24.3 Å². The van der Waals surface area contributed by atoms with Crippen LogP contribution in [-0.4, -0.2) is 50.3 Å². The highest BCUT2D eigenvalue weighted by molar-refractivity contribution is 7.89. The average molecular weight is 299 g/mol. The molecule has 0 saturated heterocycles. The summed E-state index contributed by atoms with van der Waals surface area (Å²) in [5.74, 6) is -0.129. The van der Waals surface area contributed by atoms with Gasteiger partial charge in [-0.2, -0.15) is 0 Å². The first-order valence-corrected chi connectivity index (χ1v) is 8.60. The van der Waals surface area contributed by atoms with E-state index in [2.05, 4.69) is 0 Å². The van der Waals surface area contributed by atoms with Crippen LogP contribution in [0, 0.1) is 0 Å². The Balaban J connectivity index is 2.79. The van der Waals surface area contributed by atoms with Crippen LogP contribution in [0.3, 0.4) is 0 Å². The van der Waals surface area contributed by atoms with Crippen LogP contribution < -0.4 is 0 Å². The Hall–Kier alpha value is -1.40. The number of sulfone groups is 1. The molecule has 0 bridgehead atoms. The Morgan fingerprint density at radius 1 is 1.25 bits per heavy atom. The molecule has 0 aromatic heterocycles. The predicted octanol–water partition coefficient (Wildman–Crippen LogP) is 1.08. The second kappa shape index (κ2) is 7.40. The number of hydrogen-bond acceptors (Lipinski definition) is 4. The molecule has 112 valence electrons. The second-order valence-electron chi connectivity index (χ2n) is 4.73. The van der Waals surface area contributed by atoms with E-state index in [0.717, 1.165) is 0 Å². The zero-order chi connectivity index (χ0) is 15.2. The van der Waals surface area contributed by atoms with E-state index in [1.54, 1.807) is 29.2 Å². The number of carbonyl (C=O) groups excluding carboxylic acids is 1. The summed E-state index contributed by atoms with van der Waals surface area (Å²) in [5, 5.41) is 8.81. The van der Waals surface area contributed by atoms with Gasteiger partial charge in [-0.15, -0.1) is 0 Å². The minimum atomic E-state index is -3.07. The number of benzene rings is 1. The molecule has 0 aliphatic heterocycles. The Bertz CT molecular complexity index is 537. The van der Waals surface area contributed by atoms with Gasteiger partial charge < -0.3 is 10.0 Å². The van der Waals surface area contributed by atoms with E-state index in [4.69, 9.17) is 5.11 Å². The molecule has 0 aliphatic carbocycles. The Morgan fingerprint density at radius 2 is 1.85 bits per heavy atom. The summed E-state index contributed by atoms with van der Waals surface area (Å²) in [4.78, 5) is 13.9. The highest BCUT2D eigenvalue weighted by atomic mass is 32.2. The molecular formula is C14H21NO4S. The van der Waals surface area contributed by atoms with Crippen LogP contribution in [-0.2, 0) is 15.6 Å². The lowest BCUT2D eigenvalue weighted by Gasteiger charge is -2.20. The standard InChI is InChI=1S/C14H21NO4S/c1-3-15(9-4-10-16)14(17)13-7-5-12(6-8-13)11-20(2,18)19/h5-8,16H,3-4,9-11H2,1-2H3. The lowest BCUT2D eigenvalue weighted by atomic mass is 10.1. The fourth-order valence-corrected chi connectivity index (χ4v) is 2.69. The fraction of sp³-hybridized carbons (Fsp3) is 0.500. The van der Waals surface area contributed by atoms with Gasteiger partial charge >= 0.3 is 0 Å². The van der Waals surface area contributed by atoms with Gasteiger partial charge in [0.1, 0.15) is 0 Å². The zero-order valence-electron chi connectivity index (χ0n) is 11.9. The molecule has 0 spiro atoms. The number of hydrogen-bond donors (Lipinski definition) is 1. The van der Waals surface area contributed by atoms with E-state index in [0.29, 0.717) is 30.6 Å². The zero-order valence-corrected chi connectivity index (χ0v) is 12.7. The fourth-order valence-electron chi connectivity index (χ4n) is 1.89. The highest BCUT2D eigenvalue weighted by Gasteiger charge is 2.14. The molecule has 0 heterocycles. The lowest BCUT2D eigenvalue weighted by molar-refractivity contribution is 0.0754. The topological polar surface area (TPSA) is 74.7 Å². The molecule has 1 amide bonds. The summed E-state index contributed by atoms with van der Waals surface area (Å²) >= 11 is 0. The van der Waals surface area contributed by atoms with Gasteiger partial charge in [-0.3, -0.25) is 4.79 Å². The predicted molar refractivity (Wildman–Crippen MR) is 78.3 cm³/mol. The number of carbonyl (C=O) groups is 1. The number of nitrogens with zero attached hydrogens (tertiary/aromatic N) is 1. The normalized spacial score (nSPS) is 11.3. The molecule has 6 heteroatoms. The quantitative estimate of drug-likeness (QED) is 0.817. The van der Waals surface area contributed by atoms with Crippen molar-refractivity contribution in [2.75, 3.05) is 26.0 Å². The van der Waals surface area contributed by atoms with Crippen molar-refractivity contribution in [3.63, 3.8) is 0 Å². The highest BCUT2D eigenvalue weighted by Crippen LogP contribution is 2.10. The van der Waals surface area contributed by atoms with Crippen LogP contribution in [0.25, 0.3) is 0 Å². The molecule has 0 fully saturated rings. The van der Waals surface area contributed by atoms with E-state index in [-0.39, 0.29) is 18.3 Å². The van der Waals surface area contributed by atoms with Crippen molar-refractivity contribution in [2.45, 2.75) is 19.1 Å². The molecule has 0 radical (unpaired) electrons. The maximum absolute atomic E-state index is 12.2. The summed E-state index contributed by atoms with van der Waals surface area (Å²) in [6.45, 7) is 3.02. The van der Waals surface area contributed by atoms with Crippen molar-refractivity contribution >= 4 is 15.7 Å². The molecule has 0 saturated carbocycles. The Labute approximate surface area is 120 Å². The maximum atomic E-state index is 12.2. The van der Waals surface area contributed by atoms with Crippen molar-refractivity contribution in [1.29, 1.82) is 0 Å². The van der Waals surface area contributed by atoms with Gasteiger partial charge in [0.05, 0.1) is 5.75 Å². The van der Waals surface area contributed by atoms with Crippen molar-refractivity contribution in [3.05, 3.63) is 35.4 Å². The van der Waals surface area contributed by atoms with E-state index < -0.39 is 9.84 Å². The van der Waals surface area contributed by atoms with Crippen LogP contribution in [0.4, 0.5) is 0 Å². The van der Waals surface area contributed by atoms with Crippen LogP contribution in [0.1, 0.15) is 29.3 Å². The van der Waals surface area contributed by atoms with Crippen LogP contribution in [0.2, 0.25) is 0 Å². The van der Waals surface area contributed by atoms with Crippen molar-refractivity contribution < 1.29 is 18.3 Å². The molecule has 1 aromatic rings. The molecule has 20 heavy (non-hydrogen) atoms. The third-order valence-corrected chi connectivity index (χ3v) is 3.74. The first kappa shape index (κ1) is 16.7. The first-order valence-electron chi connectivity index (χ1n) is 6.54. The third-order valence-electron chi connectivity index (χ3n) is 2.88. The van der Waals surface area contributed by atoms with Gasteiger partial charge in [0.25, 0.3) is 5.91 Å². The molecule has 0 aliphatic rings. The number of amides is 1. The van der Waals surface area contributed by atoms with Gasteiger partial charge in [0.2, 0.25) is 0 Å². The van der Waals surface area contributed by atoms with Gasteiger partial charge in [-0.1, -0.05) is 12.1 Å². The molecule has 5 nitrogen and oxygen atoms in total. The van der Waals surface area contributed by atoms with E-state index in [1.165, 1.54) is 6.26 Å². The smallest absolute Gasteiger partial charge is 0.253 e. The minimum absolute atomic E-state index is 0.0243. The first-order chi connectivity index (χ1) is 9.37. The lowest BCUT2D eigenvalue weighted by Crippen LogP contribution is -2.32. The Kier molecular flexibility index (Phi) is 6.16. The monoisotopic (exact) mass is 299 g/mol. The second-order valence-corrected chi connectivity index (χ2v) is 6.87. The van der Waals surface area contributed by atoms with Crippen molar-refractivity contribution in [1.82, 2.24) is 4.90 Å². The van der Waals surface area contributed by atoms with Gasteiger partial charge in [-0.25, -0.2) is 8.42 Å². The van der Waals surface area contributed by atoms with E-state index in [9.17, 15) is 13.2 Å². The van der Waals surface area contributed by atoms with Crippen molar-refractivity contribution in [2.24, 2.45) is 0 Å². The minimum Gasteiger partial charge on any atom is -0.396 e. The molecule has 1 aromatic carbocycles. The number of aliphatic hydroxyl groups is 1. The summed E-state index contributed by atoms with van der Waals surface area (Å²) in [6.07, 6.45) is 1.73. The summed E-state index contributed by atoms with van der Waals surface area (Å²) in [5.41, 5.74) is 1.20. The summed E-state index contributed by atoms with van der Waals surface area (Å²) in [7, 11) is -3.07. The van der Waals surface area contributed by atoms with Gasteiger partial charge in [0.15, 0.2) is 9.84 Å². The van der Waals surface area contributed by atoms with E-state index in [1.807, 2.05) is 6.92 Å². The molecule has 1 N–H and O–H groups in total. The van der Waals surface area contributed by atoms with Gasteiger partial charge in [-0.05, 0) is 31.0 Å². The molecule has 1 rings (SSSR count). The molecule has 0 unspecified atom stereocenters. The van der Waals surface area contributed by atoms with Crippen LogP contribution in [0.5, 0.6) is 0 Å². The number of rotatable bonds is 7. The largest absolute Gasteiger partial charge is 0.396 e. The average Bonchev–Trinajstić information content (AvgIpc) is 2.38.